The molecule has 0 atom stereocenters. The van der Waals surface area contributed by atoms with Gasteiger partial charge in [0.1, 0.15) is 11.4 Å². The second-order valence-corrected chi connectivity index (χ2v) is 8.00. The normalized spacial score (nSPS) is 17.8. The monoisotopic (exact) mass is 337 g/mol. The number of para-hydroxylation sites is 1. The summed E-state index contributed by atoms with van der Waals surface area (Å²) in [5.74, 6) is 0.469. The van der Waals surface area contributed by atoms with E-state index in [-0.39, 0.29) is 5.75 Å². The molecular weight excluding hydrogens is 314 g/mol. The Labute approximate surface area is 136 Å². The van der Waals surface area contributed by atoms with Gasteiger partial charge in [0, 0.05) is 18.5 Å². The number of hydrogen-bond donors (Lipinski definition) is 1. The van der Waals surface area contributed by atoms with Gasteiger partial charge in [-0.2, -0.15) is 0 Å². The highest BCUT2D eigenvalue weighted by atomic mass is 32.2. The summed E-state index contributed by atoms with van der Waals surface area (Å²) in [7, 11) is -3.35. The Morgan fingerprint density at radius 1 is 1.30 bits per heavy atom. The molecule has 7 heteroatoms. The van der Waals surface area contributed by atoms with Gasteiger partial charge >= 0.3 is 0 Å². The first-order valence-electron chi connectivity index (χ1n) is 8.12. The molecule has 1 aliphatic rings. The molecule has 1 aromatic heterocycles. The standard InChI is InChI=1S/C16H23N3O3S/c1-2-17-11-13-7-9-19(10-8-13)23(20,21)12-15-14-5-3-4-6-16(14)22-18-15/h3-6,13,17H,2,7-12H2,1H3. The summed E-state index contributed by atoms with van der Waals surface area (Å²) in [6.45, 7) is 5.19. The number of nitrogens with one attached hydrogen (secondary N) is 1. The van der Waals surface area contributed by atoms with E-state index in [2.05, 4.69) is 17.4 Å². The van der Waals surface area contributed by atoms with Gasteiger partial charge in [0.05, 0.1) is 0 Å². The molecule has 0 aliphatic carbocycles. The lowest BCUT2D eigenvalue weighted by Gasteiger charge is -2.31. The highest BCUT2D eigenvalue weighted by Crippen LogP contribution is 2.24. The van der Waals surface area contributed by atoms with E-state index in [4.69, 9.17) is 4.52 Å². The predicted octanol–water partition coefficient (Wildman–Crippen LogP) is 1.98. The third-order valence-corrected chi connectivity index (χ3v) is 6.21. The first-order chi connectivity index (χ1) is 11.1. The molecule has 1 aromatic carbocycles. The Bertz CT molecular complexity index is 749. The third-order valence-electron chi connectivity index (χ3n) is 4.42. The van der Waals surface area contributed by atoms with Crippen molar-refractivity contribution in [1.82, 2.24) is 14.8 Å². The molecular formula is C16H23N3O3S. The van der Waals surface area contributed by atoms with Crippen molar-refractivity contribution in [2.24, 2.45) is 5.92 Å². The van der Waals surface area contributed by atoms with Crippen LogP contribution in [0, 0.1) is 5.92 Å². The fourth-order valence-electron chi connectivity index (χ4n) is 3.05. The van der Waals surface area contributed by atoms with E-state index in [1.165, 1.54) is 0 Å². The average molecular weight is 337 g/mol. The van der Waals surface area contributed by atoms with Crippen molar-refractivity contribution >= 4 is 21.0 Å². The van der Waals surface area contributed by atoms with Crippen LogP contribution in [0.5, 0.6) is 0 Å². The smallest absolute Gasteiger partial charge is 0.220 e. The van der Waals surface area contributed by atoms with Gasteiger partial charge in [0.15, 0.2) is 5.58 Å². The van der Waals surface area contributed by atoms with Crippen molar-refractivity contribution in [3.8, 4) is 0 Å². The van der Waals surface area contributed by atoms with Gasteiger partial charge in [-0.25, -0.2) is 12.7 Å². The van der Waals surface area contributed by atoms with Crippen molar-refractivity contribution < 1.29 is 12.9 Å². The first-order valence-corrected chi connectivity index (χ1v) is 9.73. The van der Waals surface area contributed by atoms with Crippen LogP contribution in [0.3, 0.4) is 0 Å². The molecule has 1 aliphatic heterocycles. The first kappa shape index (κ1) is 16.4. The SMILES string of the molecule is CCNCC1CCN(S(=O)(=O)Cc2noc3ccccc23)CC1. The van der Waals surface area contributed by atoms with Crippen molar-refractivity contribution in [2.45, 2.75) is 25.5 Å². The minimum atomic E-state index is -3.35. The summed E-state index contributed by atoms with van der Waals surface area (Å²) in [5, 5.41) is 8.05. The molecule has 23 heavy (non-hydrogen) atoms. The lowest BCUT2D eigenvalue weighted by Crippen LogP contribution is -2.41. The molecule has 0 bridgehead atoms. The number of benzene rings is 1. The second-order valence-electron chi connectivity index (χ2n) is 6.03. The van der Waals surface area contributed by atoms with E-state index in [1.807, 2.05) is 18.2 Å². The van der Waals surface area contributed by atoms with Crippen LogP contribution in [0.25, 0.3) is 11.0 Å². The fraction of sp³-hybridized carbons (Fsp3) is 0.562. The second kappa shape index (κ2) is 6.98. The molecule has 2 aromatic rings. The lowest BCUT2D eigenvalue weighted by atomic mass is 9.98. The van der Waals surface area contributed by atoms with Crippen molar-refractivity contribution in [2.75, 3.05) is 26.2 Å². The van der Waals surface area contributed by atoms with E-state index in [9.17, 15) is 8.42 Å². The Morgan fingerprint density at radius 3 is 2.78 bits per heavy atom. The van der Waals surface area contributed by atoms with Crippen LogP contribution in [0.4, 0.5) is 0 Å². The summed E-state index contributed by atoms with van der Waals surface area (Å²) in [4.78, 5) is 0. The minimum absolute atomic E-state index is 0.0953. The van der Waals surface area contributed by atoms with Crippen LogP contribution in [0.2, 0.25) is 0 Å². The number of hydrogen-bond acceptors (Lipinski definition) is 5. The Balaban J connectivity index is 1.66. The highest BCUT2D eigenvalue weighted by Gasteiger charge is 2.29. The molecule has 1 saturated heterocycles. The Morgan fingerprint density at radius 2 is 2.04 bits per heavy atom. The molecule has 126 valence electrons. The number of aromatic nitrogens is 1. The van der Waals surface area contributed by atoms with E-state index in [0.29, 0.717) is 30.3 Å². The summed E-state index contributed by atoms with van der Waals surface area (Å²) in [5.41, 5.74) is 1.12. The van der Waals surface area contributed by atoms with Gasteiger partial charge in [0.25, 0.3) is 0 Å². The number of nitrogens with zero attached hydrogens (tertiary/aromatic N) is 2. The topological polar surface area (TPSA) is 75.4 Å². The van der Waals surface area contributed by atoms with Gasteiger partial charge in [-0.05, 0) is 44.0 Å². The number of piperidine rings is 1. The van der Waals surface area contributed by atoms with Gasteiger partial charge < -0.3 is 9.84 Å². The van der Waals surface area contributed by atoms with Crippen molar-refractivity contribution in [3.05, 3.63) is 30.0 Å². The van der Waals surface area contributed by atoms with E-state index < -0.39 is 10.0 Å². The van der Waals surface area contributed by atoms with Crippen LogP contribution in [0.15, 0.2) is 28.8 Å². The highest BCUT2D eigenvalue weighted by molar-refractivity contribution is 7.88. The number of sulfonamides is 1. The third kappa shape index (κ3) is 3.73. The fourth-order valence-corrected chi connectivity index (χ4v) is 4.55. The quantitative estimate of drug-likeness (QED) is 0.872. The largest absolute Gasteiger partial charge is 0.356 e. The maximum absolute atomic E-state index is 12.6. The van der Waals surface area contributed by atoms with Crippen molar-refractivity contribution in [1.29, 1.82) is 0 Å². The maximum Gasteiger partial charge on any atom is 0.220 e. The molecule has 2 heterocycles. The van der Waals surface area contributed by atoms with Gasteiger partial charge in [-0.1, -0.05) is 24.2 Å². The zero-order chi connectivity index (χ0) is 16.3. The Kier molecular flexibility index (Phi) is 4.99. The zero-order valence-corrected chi connectivity index (χ0v) is 14.2. The van der Waals surface area contributed by atoms with Crippen LogP contribution in [-0.2, 0) is 15.8 Å². The van der Waals surface area contributed by atoms with Gasteiger partial charge in [0.2, 0.25) is 10.0 Å². The molecule has 0 saturated carbocycles. The van der Waals surface area contributed by atoms with Gasteiger partial charge in [-0.3, -0.25) is 0 Å². The zero-order valence-electron chi connectivity index (χ0n) is 13.4. The number of fused-ring (bicyclic) bond motifs is 1. The minimum Gasteiger partial charge on any atom is -0.356 e. The van der Waals surface area contributed by atoms with E-state index >= 15 is 0 Å². The molecule has 1 N–H and O–H groups in total. The molecule has 0 unspecified atom stereocenters. The molecule has 3 rings (SSSR count). The maximum atomic E-state index is 12.6. The molecule has 0 spiro atoms. The van der Waals surface area contributed by atoms with Crippen LogP contribution in [0.1, 0.15) is 25.5 Å². The number of rotatable bonds is 6. The lowest BCUT2D eigenvalue weighted by molar-refractivity contribution is 0.268. The van der Waals surface area contributed by atoms with Crippen LogP contribution >= 0.6 is 0 Å². The average Bonchev–Trinajstić information content (AvgIpc) is 2.96. The van der Waals surface area contributed by atoms with Crippen molar-refractivity contribution in [3.63, 3.8) is 0 Å². The Hall–Kier alpha value is -1.44. The summed E-state index contributed by atoms with van der Waals surface area (Å²) < 4.78 is 32.1. The summed E-state index contributed by atoms with van der Waals surface area (Å²) >= 11 is 0. The van der Waals surface area contributed by atoms with Gasteiger partial charge in [-0.15, -0.1) is 0 Å². The van der Waals surface area contributed by atoms with Crippen LogP contribution in [-0.4, -0.2) is 44.1 Å². The molecule has 0 radical (unpaired) electrons. The molecule has 0 amide bonds. The molecule has 1 fully saturated rings. The summed E-state index contributed by atoms with van der Waals surface area (Å²) in [6, 6.07) is 7.35. The molecule has 6 nitrogen and oxygen atoms in total. The van der Waals surface area contributed by atoms with E-state index in [1.54, 1.807) is 10.4 Å². The van der Waals surface area contributed by atoms with E-state index in [0.717, 1.165) is 31.3 Å². The van der Waals surface area contributed by atoms with Crippen LogP contribution < -0.4 is 5.32 Å². The summed E-state index contributed by atoms with van der Waals surface area (Å²) in [6.07, 6.45) is 1.82. The predicted molar refractivity (Wildman–Crippen MR) is 89.5 cm³/mol.